The van der Waals surface area contributed by atoms with Crippen molar-refractivity contribution in [2.24, 2.45) is 0 Å². The Labute approximate surface area is 123 Å². The molecular formula is C15H18ClNOS. The molecule has 0 fully saturated rings. The number of thiophene rings is 1. The van der Waals surface area contributed by atoms with E-state index < -0.39 is 0 Å². The standard InChI is InChI=1S/C15H18ClNOS/c1-11-13(7-14(19-11)8-17-2)10-18-9-12-5-3-4-6-15(12)16/h3-7,17H,8-10H2,1-2H3. The van der Waals surface area contributed by atoms with Gasteiger partial charge in [0.2, 0.25) is 0 Å². The van der Waals surface area contributed by atoms with Crippen LogP contribution < -0.4 is 5.32 Å². The average Bonchev–Trinajstić information content (AvgIpc) is 2.73. The van der Waals surface area contributed by atoms with Gasteiger partial charge in [0.25, 0.3) is 0 Å². The molecule has 0 spiro atoms. The van der Waals surface area contributed by atoms with Crippen LogP contribution in [0, 0.1) is 6.92 Å². The van der Waals surface area contributed by atoms with E-state index in [9.17, 15) is 0 Å². The van der Waals surface area contributed by atoms with Gasteiger partial charge in [0.1, 0.15) is 0 Å². The van der Waals surface area contributed by atoms with Gasteiger partial charge in [-0.05, 0) is 37.2 Å². The monoisotopic (exact) mass is 295 g/mol. The predicted molar refractivity (Wildman–Crippen MR) is 81.8 cm³/mol. The summed E-state index contributed by atoms with van der Waals surface area (Å²) in [7, 11) is 1.96. The van der Waals surface area contributed by atoms with Crippen molar-refractivity contribution in [3.05, 3.63) is 56.2 Å². The zero-order valence-electron chi connectivity index (χ0n) is 11.2. The maximum Gasteiger partial charge on any atom is 0.0735 e. The Morgan fingerprint density at radius 2 is 1.95 bits per heavy atom. The first-order chi connectivity index (χ1) is 9.20. The molecule has 0 bridgehead atoms. The molecule has 0 saturated heterocycles. The van der Waals surface area contributed by atoms with Crippen LogP contribution in [0.15, 0.2) is 30.3 Å². The number of aryl methyl sites for hydroxylation is 1. The highest BCUT2D eigenvalue weighted by Crippen LogP contribution is 2.23. The summed E-state index contributed by atoms with van der Waals surface area (Å²) in [5.74, 6) is 0. The minimum Gasteiger partial charge on any atom is -0.372 e. The van der Waals surface area contributed by atoms with E-state index in [0.717, 1.165) is 17.1 Å². The topological polar surface area (TPSA) is 21.3 Å². The third-order valence-corrected chi connectivity index (χ3v) is 4.36. The Balaban J connectivity index is 1.90. The van der Waals surface area contributed by atoms with E-state index in [0.29, 0.717) is 13.2 Å². The fourth-order valence-corrected chi connectivity index (χ4v) is 3.13. The first kappa shape index (κ1) is 14.5. The average molecular weight is 296 g/mol. The zero-order valence-corrected chi connectivity index (χ0v) is 12.8. The molecule has 4 heteroatoms. The molecule has 1 N–H and O–H groups in total. The fraction of sp³-hybridized carbons (Fsp3) is 0.333. The van der Waals surface area contributed by atoms with Gasteiger partial charge in [0.15, 0.2) is 0 Å². The molecule has 1 aromatic heterocycles. The van der Waals surface area contributed by atoms with Crippen molar-refractivity contribution in [1.82, 2.24) is 5.32 Å². The minimum atomic E-state index is 0.552. The first-order valence-corrected chi connectivity index (χ1v) is 7.44. The van der Waals surface area contributed by atoms with Crippen LogP contribution in [-0.2, 0) is 24.5 Å². The van der Waals surface area contributed by atoms with Gasteiger partial charge in [-0.2, -0.15) is 0 Å². The van der Waals surface area contributed by atoms with E-state index in [1.807, 2.05) is 42.6 Å². The molecule has 0 amide bonds. The molecule has 0 aliphatic rings. The lowest BCUT2D eigenvalue weighted by Crippen LogP contribution is -2.02. The number of hydrogen-bond donors (Lipinski definition) is 1. The second-order valence-electron chi connectivity index (χ2n) is 4.41. The van der Waals surface area contributed by atoms with Crippen molar-refractivity contribution in [2.75, 3.05) is 7.05 Å². The van der Waals surface area contributed by atoms with Crippen LogP contribution in [0.25, 0.3) is 0 Å². The number of nitrogens with one attached hydrogen (secondary N) is 1. The Kier molecular flexibility index (Phi) is 5.40. The van der Waals surface area contributed by atoms with Gasteiger partial charge in [0.05, 0.1) is 13.2 Å². The highest BCUT2D eigenvalue weighted by Gasteiger charge is 2.06. The SMILES string of the molecule is CNCc1cc(COCc2ccccc2Cl)c(C)s1. The normalized spacial score (nSPS) is 10.9. The summed E-state index contributed by atoms with van der Waals surface area (Å²) >= 11 is 7.92. The Morgan fingerprint density at radius 3 is 2.68 bits per heavy atom. The second kappa shape index (κ2) is 7.06. The minimum absolute atomic E-state index is 0.552. The summed E-state index contributed by atoms with van der Waals surface area (Å²) < 4.78 is 5.76. The molecular weight excluding hydrogens is 278 g/mol. The van der Waals surface area contributed by atoms with Gasteiger partial charge in [-0.1, -0.05) is 29.8 Å². The van der Waals surface area contributed by atoms with E-state index in [-0.39, 0.29) is 0 Å². The molecule has 0 aliphatic carbocycles. The Morgan fingerprint density at radius 1 is 1.21 bits per heavy atom. The molecule has 2 aromatic rings. The summed E-state index contributed by atoms with van der Waals surface area (Å²) in [6.45, 7) is 4.24. The molecule has 0 atom stereocenters. The third-order valence-electron chi connectivity index (χ3n) is 2.90. The molecule has 19 heavy (non-hydrogen) atoms. The van der Waals surface area contributed by atoms with Crippen LogP contribution in [0.3, 0.4) is 0 Å². The maximum atomic E-state index is 6.10. The van der Waals surface area contributed by atoms with E-state index in [1.165, 1.54) is 15.3 Å². The van der Waals surface area contributed by atoms with Crippen LogP contribution in [0.5, 0.6) is 0 Å². The van der Waals surface area contributed by atoms with Crippen LogP contribution >= 0.6 is 22.9 Å². The Hall–Kier alpha value is -0.870. The van der Waals surface area contributed by atoms with Crippen molar-refractivity contribution in [3.63, 3.8) is 0 Å². The van der Waals surface area contributed by atoms with Crippen LogP contribution in [0.4, 0.5) is 0 Å². The van der Waals surface area contributed by atoms with Gasteiger partial charge in [-0.3, -0.25) is 0 Å². The molecule has 0 unspecified atom stereocenters. The number of halogens is 1. The first-order valence-electron chi connectivity index (χ1n) is 6.24. The second-order valence-corrected chi connectivity index (χ2v) is 6.16. The number of rotatable bonds is 6. The van der Waals surface area contributed by atoms with Gasteiger partial charge in [0, 0.05) is 21.3 Å². The van der Waals surface area contributed by atoms with Gasteiger partial charge >= 0.3 is 0 Å². The number of hydrogen-bond acceptors (Lipinski definition) is 3. The van der Waals surface area contributed by atoms with E-state index in [2.05, 4.69) is 18.3 Å². The number of benzene rings is 1. The lowest BCUT2D eigenvalue weighted by Gasteiger charge is -2.05. The largest absolute Gasteiger partial charge is 0.372 e. The molecule has 1 aromatic carbocycles. The molecule has 0 saturated carbocycles. The summed E-state index contributed by atoms with van der Waals surface area (Å²) in [4.78, 5) is 2.67. The van der Waals surface area contributed by atoms with Gasteiger partial charge < -0.3 is 10.1 Å². The summed E-state index contributed by atoms with van der Waals surface area (Å²) in [6.07, 6.45) is 0. The highest BCUT2D eigenvalue weighted by molar-refractivity contribution is 7.12. The van der Waals surface area contributed by atoms with Crippen LogP contribution in [0.1, 0.15) is 20.9 Å². The van der Waals surface area contributed by atoms with Crippen LogP contribution in [0.2, 0.25) is 5.02 Å². The van der Waals surface area contributed by atoms with Gasteiger partial charge in [-0.25, -0.2) is 0 Å². The van der Waals surface area contributed by atoms with Crippen molar-refractivity contribution in [1.29, 1.82) is 0 Å². The number of ether oxygens (including phenoxy) is 1. The lowest BCUT2D eigenvalue weighted by molar-refractivity contribution is 0.107. The van der Waals surface area contributed by atoms with E-state index >= 15 is 0 Å². The lowest BCUT2D eigenvalue weighted by atomic mass is 10.2. The third kappa shape index (κ3) is 4.05. The van der Waals surface area contributed by atoms with E-state index in [1.54, 1.807) is 0 Å². The zero-order chi connectivity index (χ0) is 13.7. The highest BCUT2D eigenvalue weighted by atomic mass is 35.5. The van der Waals surface area contributed by atoms with Crippen molar-refractivity contribution in [3.8, 4) is 0 Å². The maximum absolute atomic E-state index is 6.10. The van der Waals surface area contributed by atoms with E-state index in [4.69, 9.17) is 16.3 Å². The van der Waals surface area contributed by atoms with Crippen LogP contribution in [-0.4, -0.2) is 7.05 Å². The fourth-order valence-electron chi connectivity index (χ4n) is 1.88. The van der Waals surface area contributed by atoms with Crippen molar-refractivity contribution in [2.45, 2.75) is 26.7 Å². The Bertz CT molecular complexity index is 539. The summed E-state index contributed by atoms with van der Waals surface area (Å²) in [6, 6.07) is 10.0. The molecule has 102 valence electrons. The van der Waals surface area contributed by atoms with Gasteiger partial charge in [-0.15, -0.1) is 11.3 Å². The molecule has 1 heterocycles. The molecule has 0 aliphatic heterocycles. The van der Waals surface area contributed by atoms with Crippen molar-refractivity contribution >= 4 is 22.9 Å². The molecule has 2 rings (SSSR count). The smallest absolute Gasteiger partial charge is 0.0735 e. The summed E-state index contributed by atoms with van der Waals surface area (Å²) in [5.41, 5.74) is 2.30. The molecule has 2 nitrogen and oxygen atoms in total. The quantitative estimate of drug-likeness (QED) is 0.864. The predicted octanol–water partition coefficient (Wildman–Crippen LogP) is 4.15. The summed E-state index contributed by atoms with van der Waals surface area (Å²) in [5, 5.41) is 3.93. The molecule has 0 radical (unpaired) electrons. The van der Waals surface area contributed by atoms with Crippen molar-refractivity contribution < 1.29 is 4.74 Å².